The first-order chi connectivity index (χ1) is 15.7. The zero-order valence-electron chi connectivity index (χ0n) is 17.6. The van der Waals surface area contributed by atoms with Crippen LogP contribution < -0.4 is 10.9 Å². The molecule has 3 aromatic heterocycles. The predicted octanol–water partition coefficient (Wildman–Crippen LogP) is 4.18. The summed E-state index contributed by atoms with van der Waals surface area (Å²) in [6, 6.07) is 23.2. The van der Waals surface area contributed by atoms with Gasteiger partial charge in [-0.1, -0.05) is 67.6 Å². The first-order valence-corrected chi connectivity index (χ1v) is 11.4. The number of thiophene rings is 1. The van der Waals surface area contributed by atoms with Crippen molar-refractivity contribution in [3.8, 4) is 0 Å². The molecule has 0 aliphatic carbocycles. The Morgan fingerprint density at radius 2 is 1.66 bits per heavy atom. The molecule has 7 heteroatoms. The second kappa shape index (κ2) is 8.43. The summed E-state index contributed by atoms with van der Waals surface area (Å²) in [6.07, 6.45) is 0.648. The summed E-state index contributed by atoms with van der Waals surface area (Å²) in [5, 5.41) is 9.62. The van der Waals surface area contributed by atoms with Crippen LogP contribution in [0.1, 0.15) is 29.9 Å². The lowest BCUT2D eigenvalue weighted by atomic mass is 9.99. The van der Waals surface area contributed by atoms with Crippen LogP contribution in [0.3, 0.4) is 0 Å². The van der Waals surface area contributed by atoms with Gasteiger partial charge in [-0.2, -0.15) is 5.10 Å². The summed E-state index contributed by atoms with van der Waals surface area (Å²) in [6.45, 7) is 1.85. The van der Waals surface area contributed by atoms with Gasteiger partial charge in [0, 0.05) is 6.42 Å². The fraction of sp³-hybridized carbons (Fsp3) is 0.160. The second-order valence-corrected chi connectivity index (χ2v) is 8.54. The highest BCUT2D eigenvalue weighted by molar-refractivity contribution is 7.17. The van der Waals surface area contributed by atoms with E-state index >= 15 is 0 Å². The van der Waals surface area contributed by atoms with Crippen molar-refractivity contribution in [2.24, 2.45) is 0 Å². The van der Waals surface area contributed by atoms with Crippen LogP contribution in [0, 0.1) is 0 Å². The van der Waals surface area contributed by atoms with Crippen molar-refractivity contribution in [3.63, 3.8) is 0 Å². The highest BCUT2D eigenvalue weighted by Gasteiger charge is 2.19. The van der Waals surface area contributed by atoms with Gasteiger partial charge in [0.05, 0.1) is 16.3 Å². The van der Waals surface area contributed by atoms with Gasteiger partial charge in [0.15, 0.2) is 0 Å². The van der Waals surface area contributed by atoms with E-state index in [1.807, 2.05) is 89.5 Å². The lowest BCUT2D eigenvalue weighted by Gasteiger charge is -2.20. The summed E-state index contributed by atoms with van der Waals surface area (Å²) in [5.74, 6) is 0.487. The molecule has 0 fully saturated rings. The Labute approximate surface area is 188 Å². The molecule has 32 heavy (non-hydrogen) atoms. The van der Waals surface area contributed by atoms with E-state index in [-0.39, 0.29) is 24.1 Å². The largest absolute Gasteiger partial charge is 0.344 e. The maximum atomic E-state index is 13.1. The highest BCUT2D eigenvalue weighted by Crippen LogP contribution is 2.25. The molecule has 0 unspecified atom stereocenters. The molecule has 0 aliphatic rings. The molecule has 2 aromatic carbocycles. The van der Waals surface area contributed by atoms with Gasteiger partial charge >= 0.3 is 0 Å². The van der Waals surface area contributed by atoms with Crippen molar-refractivity contribution in [1.29, 1.82) is 0 Å². The number of hydrogen-bond acceptors (Lipinski definition) is 4. The Bertz CT molecular complexity index is 1410. The molecule has 160 valence electrons. The predicted molar refractivity (Wildman–Crippen MR) is 127 cm³/mol. The normalized spacial score (nSPS) is 11.4. The van der Waals surface area contributed by atoms with Crippen LogP contribution in [0.25, 0.3) is 15.7 Å². The molecular formula is C25H22N4O2S. The first-order valence-electron chi connectivity index (χ1n) is 10.5. The molecule has 0 aliphatic heterocycles. The van der Waals surface area contributed by atoms with E-state index in [1.54, 1.807) is 11.3 Å². The van der Waals surface area contributed by atoms with Gasteiger partial charge in [0.1, 0.15) is 17.9 Å². The van der Waals surface area contributed by atoms with E-state index < -0.39 is 0 Å². The minimum absolute atomic E-state index is 0.142. The SMILES string of the molecule is CCc1nn(CC(=O)NC(c2ccccc2)c2ccccc2)c(=O)c2cc3sccc3n12. The number of nitrogens with zero attached hydrogens (tertiary/aromatic N) is 3. The molecule has 0 atom stereocenters. The van der Waals surface area contributed by atoms with Crippen LogP contribution >= 0.6 is 11.3 Å². The quantitative estimate of drug-likeness (QED) is 0.429. The van der Waals surface area contributed by atoms with E-state index in [9.17, 15) is 9.59 Å². The van der Waals surface area contributed by atoms with Crippen LogP contribution in [0.4, 0.5) is 0 Å². The first kappa shape index (κ1) is 20.2. The average molecular weight is 443 g/mol. The van der Waals surface area contributed by atoms with Gasteiger partial charge in [0.25, 0.3) is 5.56 Å². The molecule has 0 saturated heterocycles. The van der Waals surface area contributed by atoms with Crippen LogP contribution in [-0.4, -0.2) is 20.1 Å². The van der Waals surface area contributed by atoms with Crippen molar-refractivity contribution in [3.05, 3.63) is 105 Å². The van der Waals surface area contributed by atoms with Gasteiger partial charge in [-0.15, -0.1) is 11.3 Å². The van der Waals surface area contributed by atoms with Gasteiger partial charge < -0.3 is 5.32 Å². The van der Waals surface area contributed by atoms with E-state index in [2.05, 4.69) is 10.4 Å². The number of hydrogen-bond donors (Lipinski definition) is 1. The van der Waals surface area contributed by atoms with E-state index in [0.29, 0.717) is 11.9 Å². The molecule has 1 N–H and O–H groups in total. The zero-order chi connectivity index (χ0) is 22.1. The number of nitrogens with one attached hydrogen (secondary N) is 1. The van der Waals surface area contributed by atoms with Gasteiger partial charge in [-0.05, 0) is 28.6 Å². The third-order valence-electron chi connectivity index (χ3n) is 5.55. The van der Waals surface area contributed by atoms with Crippen molar-refractivity contribution in [1.82, 2.24) is 19.5 Å². The number of rotatable bonds is 6. The van der Waals surface area contributed by atoms with Crippen LogP contribution in [0.15, 0.2) is 83.0 Å². The Morgan fingerprint density at radius 3 is 2.28 bits per heavy atom. The number of carbonyl (C=O) groups is 1. The molecule has 0 radical (unpaired) electrons. The summed E-state index contributed by atoms with van der Waals surface area (Å²) in [4.78, 5) is 26.2. The smallest absolute Gasteiger partial charge is 0.291 e. The Kier molecular flexibility index (Phi) is 5.33. The monoisotopic (exact) mass is 442 g/mol. The molecule has 0 bridgehead atoms. The second-order valence-electron chi connectivity index (χ2n) is 7.59. The molecule has 1 amide bonds. The van der Waals surface area contributed by atoms with Gasteiger partial charge in [0.2, 0.25) is 5.91 Å². The number of aromatic nitrogens is 3. The molecule has 3 heterocycles. The lowest BCUT2D eigenvalue weighted by molar-refractivity contribution is -0.122. The molecule has 5 rings (SSSR count). The van der Waals surface area contributed by atoms with Crippen LogP contribution in [0.2, 0.25) is 0 Å². The summed E-state index contributed by atoms with van der Waals surface area (Å²) in [7, 11) is 0. The van der Waals surface area contributed by atoms with Gasteiger partial charge in [-0.25, -0.2) is 4.68 Å². The maximum Gasteiger partial charge on any atom is 0.291 e. The summed E-state index contributed by atoms with van der Waals surface area (Å²) >= 11 is 1.59. The number of amides is 1. The van der Waals surface area contributed by atoms with Crippen molar-refractivity contribution >= 4 is 33.0 Å². The lowest BCUT2D eigenvalue weighted by Crippen LogP contribution is -2.37. The summed E-state index contributed by atoms with van der Waals surface area (Å²) < 4.78 is 4.22. The number of benzene rings is 2. The molecule has 5 aromatic rings. The number of fused-ring (bicyclic) bond motifs is 3. The Morgan fingerprint density at radius 1 is 1.00 bits per heavy atom. The minimum atomic E-state index is -0.311. The maximum absolute atomic E-state index is 13.1. The van der Waals surface area contributed by atoms with Crippen molar-refractivity contribution in [2.75, 3.05) is 0 Å². The number of carbonyl (C=O) groups excluding carboxylic acids is 1. The minimum Gasteiger partial charge on any atom is -0.344 e. The van der Waals surface area contributed by atoms with E-state index in [1.165, 1.54) is 4.68 Å². The topological polar surface area (TPSA) is 68.4 Å². The van der Waals surface area contributed by atoms with Crippen molar-refractivity contribution in [2.45, 2.75) is 25.9 Å². The molecule has 0 spiro atoms. The van der Waals surface area contributed by atoms with Crippen molar-refractivity contribution < 1.29 is 4.79 Å². The van der Waals surface area contributed by atoms with Crippen LogP contribution in [0.5, 0.6) is 0 Å². The highest BCUT2D eigenvalue weighted by atomic mass is 32.1. The standard InChI is InChI=1S/C25H22N4O2S/c1-2-22-27-28(25(31)20-15-21-19(29(20)22)13-14-32-21)16-23(30)26-24(17-9-5-3-6-10-17)18-11-7-4-8-12-18/h3-15,24H,2,16H2,1H3,(H,26,30). The number of aryl methyl sites for hydroxylation is 1. The third-order valence-corrected chi connectivity index (χ3v) is 6.40. The molecular weight excluding hydrogens is 420 g/mol. The van der Waals surface area contributed by atoms with E-state index in [0.717, 1.165) is 27.2 Å². The third kappa shape index (κ3) is 3.61. The molecule has 0 saturated carbocycles. The fourth-order valence-electron chi connectivity index (χ4n) is 4.05. The van der Waals surface area contributed by atoms with Gasteiger partial charge in [-0.3, -0.25) is 14.0 Å². The fourth-order valence-corrected chi connectivity index (χ4v) is 4.85. The van der Waals surface area contributed by atoms with Crippen LogP contribution in [-0.2, 0) is 17.8 Å². The van der Waals surface area contributed by atoms with E-state index in [4.69, 9.17) is 0 Å². The molecule has 6 nitrogen and oxygen atoms in total. The summed E-state index contributed by atoms with van der Waals surface area (Å²) in [5.41, 5.74) is 3.22. The average Bonchev–Trinajstić information content (AvgIpc) is 3.43. The Hall–Kier alpha value is -3.71. The Balaban J connectivity index is 1.49. The zero-order valence-corrected chi connectivity index (χ0v) is 18.4.